The first-order valence-corrected chi connectivity index (χ1v) is 5.51. The molecule has 2 heteroatoms. The second-order valence-corrected chi connectivity index (χ2v) is 4.40. The van der Waals surface area contributed by atoms with E-state index in [9.17, 15) is 5.11 Å². The van der Waals surface area contributed by atoms with E-state index in [2.05, 4.69) is 13.8 Å². The van der Waals surface area contributed by atoms with Crippen LogP contribution >= 0.6 is 0 Å². The van der Waals surface area contributed by atoms with Gasteiger partial charge in [-0.2, -0.15) is 0 Å². The van der Waals surface area contributed by atoms with E-state index in [0.29, 0.717) is 12.5 Å². The Balaban J connectivity index is 2.28. The minimum Gasteiger partial charge on any atom is -0.508 e. The zero-order chi connectivity index (χ0) is 11.5. The Morgan fingerprint density at radius 1 is 1.06 bits per heavy atom. The molecule has 0 saturated heterocycles. The Bertz CT molecular complexity index is 489. The summed E-state index contributed by atoms with van der Waals surface area (Å²) in [7, 11) is 0. The van der Waals surface area contributed by atoms with Gasteiger partial charge in [0, 0.05) is 0 Å². The number of aromatic hydroxyl groups is 1. The van der Waals surface area contributed by atoms with Crippen molar-refractivity contribution in [3.05, 3.63) is 36.4 Å². The fraction of sp³-hybridized carbons (Fsp3) is 0.286. The summed E-state index contributed by atoms with van der Waals surface area (Å²) in [6, 6.07) is 11.3. The summed E-state index contributed by atoms with van der Waals surface area (Å²) in [5, 5.41) is 11.5. The number of benzene rings is 2. The Morgan fingerprint density at radius 3 is 2.56 bits per heavy atom. The van der Waals surface area contributed by atoms with E-state index >= 15 is 0 Å². The molecule has 2 aromatic carbocycles. The van der Waals surface area contributed by atoms with Crippen LogP contribution in [0.2, 0.25) is 0 Å². The van der Waals surface area contributed by atoms with Crippen LogP contribution in [0.3, 0.4) is 0 Å². The molecule has 0 saturated carbocycles. The first-order chi connectivity index (χ1) is 7.65. The molecule has 2 aromatic rings. The van der Waals surface area contributed by atoms with Crippen LogP contribution in [0.25, 0.3) is 10.8 Å². The second kappa shape index (κ2) is 4.44. The highest BCUT2D eigenvalue weighted by atomic mass is 16.5. The Morgan fingerprint density at radius 2 is 1.81 bits per heavy atom. The molecule has 16 heavy (non-hydrogen) atoms. The van der Waals surface area contributed by atoms with Gasteiger partial charge in [0.05, 0.1) is 6.61 Å². The fourth-order valence-corrected chi connectivity index (χ4v) is 1.56. The number of phenolic OH excluding ortho intramolecular Hbond substituents is 1. The molecule has 0 amide bonds. The summed E-state index contributed by atoms with van der Waals surface area (Å²) in [6.45, 7) is 4.95. The predicted octanol–water partition coefficient (Wildman–Crippen LogP) is 3.58. The molecule has 0 unspecified atom stereocenters. The van der Waals surface area contributed by atoms with Crippen molar-refractivity contribution in [2.45, 2.75) is 13.8 Å². The molecule has 2 rings (SSSR count). The quantitative estimate of drug-likeness (QED) is 0.849. The van der Waals surface area contributed by atoms with Crippen LogP contribution in [0.5, 0.6) is 11.5 Å². The largest absolute Gasteiger partial charge is 0.508 e. The normalized spacial score (nSPS) is 10.9. The number of fused-ring (bicyclic) bond motifs is 1. The van der Waals surface area contributed by atoms with Crippen LogP contribution in [0, 0.1) is 5.92 Å². The standard InChI is InChI=1S/C14H16O2/c1-10(2)9-16-14-6-4-11-3-5-13(15)7-12(11)8-14/h3-8,10,15H,9H2,1-2H3. The summed E-state index contributed by atoms with van der Waals surface area (Å²) < 4.78 is 5.63. The first-order valence-electron chi connectivity index (χ1n) is 5.51. The van der Waals surface area contributed by atoms with E-state index in [1.54, 1.807) is 12.1 Å². The molecule has 0 bridgehead atoms. The van der Waals surface area contributed by atoms with E-state index < -0.39 is 0 Å². The minimum absolute atomic E-state index is 0.286. The maximum Gasteiger partial charge on any atom is 0.119 e. The second-order valence-electron chi connectivity index (χ2n) is 4.40. The van der Waals surface area contributed by atoms with Gasteiger partial charge in [0.1, 0.15) is 11.5 Å². The molecular formula is C14H16O2. The van der Waals surface area contributed by atoms with Crippen molar-refractivity contribution in [1.29, 1.82) is 0 Å². The highest BCUT2D eigenvalue weighted by Gasteiger charge is 2.00. The van der Waals surface area contributed by atoms with Crippen molar-refractivity contribution in [3.8, 4) is 11.5 Å². The third kappa shape index (κ3) is 2.45. The summed E-state index contributed by atoms with van der Waals surface area (Å²) in [4.78, 5) is 0. The monoisotopic (exact) mass is 216 g/mol. The topological polar surface area (TPSA) is 29.5 Å². The third-order valence-corrected chi connectivity index (χ3v) is 2.38. The van der Waals surface area contributed by atoms with E-state index in [4.69, 9.17) is 4.74 Å². The summed E-state index contributed by atoms with van der Waals surface area (Å²) in [5.41, 5.74) is 0. The van der Waals surface area contributed by atoms with E-state index in [1.807, 2.05) is 24.3 Å². The lowest BCUT2D eigenvalue weighted by molar-refractivity contribution is 0.271. The van der Waals surface area contributed by atoms with E-state index in [0.717, 1.165) is 16.5 Å². The number of hydrogen-bond donors (Lipinski definition) is 1. The Hall–Kier alpha value is -1.70. The average Bonchev–Trinajstić information content (AvgIpc) is 2.25. The van der Waals surface area contributed by atoms with Crippen LogP contribution in [0.4, 0.5) is 0 Å². The lowest BCUT2D eigenvalue weighted by Crippen LogP contribution is -2.04. The Kier molecular flexibility index (Phi) is 3.00. The van der Waals surface area contributed by atoms with Crippen LogP contribution in [-0.2, 0) is 0 Å². The van der Waals surface area contributed by atoms with Gasteiger partial charge >= 0.3 is 0 Å². The molecule has 2 nitrogen and oxygen atoms in total. The molecule has 0 spiro atoms. The zero-order valence-electron chi connectivity index (χ0n) is 9.60. The van der Waals surface area contributed by atoms with Gasteiger partial charge in [-0.25, -0.2) is 0 Å². The van der Waals surface area contributed by atoms with Crippen molar-refractivity contribution >= 4 is 10.8 Å². The molecule has 1 N–H and O–H groups in total. The average molecular weight is 216 g/mol. The van der Waals surface area contributed by atoms with Gasteiger partial charge < -0.3 is 9.84 Å². The molecule has 0 radical (unpaired) electrons. The molecule has 84 valence electrons. The van der Waals surface area contributed by atoms with Gasteiger partial charge in [0.15, 0.2) is 0 Å². The van der Waals surface area contributed by atoms with E-state index in [1.165, 1.54) is 0 Å². The molecule has 0 atom stereocenters. The lowest BCUT2D eigenvalue weighted by Gasteiger charge is -2.09. The maximum atomic E-state index is 9.40. The fourth-order valence-electron chi connectivity index (χ4n) is 1.56. The zero-order valence-corrected chi connectivity index (χ0v) is 9.60. The number of phenols is 1. The van der Waals surface area contributed by atoms with Gasteiger partial charge in [-0.3, -0.25) is 0 Å². The smallest absolute Gasteiger partial charge is 0.119 e. The van der Waals surface area contributed by atoms with Crippen molar-refractivity contribution in [2.24, 2.45) is 5.92 Å². The van der Waals surface area contributed by atoms with Crippen molar-refractivity contribution < 1.29 is 9.84 Å². The third-order valence-electron chi connectivity index (χ3n) is 2.38. The Labute approximate surface area is 95.5 Å². The van der Waals surface area contributed by atoms with Crippen molar-refractivity contribution in [3.63, 3.8) is 0 Å². The highest BCUT2D eigenvalue weighted by molar-refractivity contribution is 5.85. The number of hydrogen-bond acceptors (Lipinski definition) is 2. The number of rotatable bonds is 3. The van der Waals surface area contributed by atoms with Crippen LogP contribution in [-0.4, -0.2) is 11.7 Å². The summed E-state index contributed by atoms with van der Waals surface area (Å²) >= 11 is 0. The lowest BCUT2D eigenvalue weighted by atomic mass is 10.1. The summed E-state index contributed by atoms with van der Waals surface area (Å²) in [6.07, 6.45) is 0. The SMILES string of the molecule is CC(C)COc1ccc2ccc(O)cc2c1. The summed E-state index contributed by atoms with van der Waals surface area (Å²) in [5.74, 6) is 1.65. The first kappa shape index (κ1) is 10.8. The minimum atomic E-state index is 0.286. The molecule has 0 aliphatic rings. The highest BCUT2D eigenvalue weighted by Crippen LogP contribution is 2.24. The van der Waals surface area contributed by atoms with Crippen molar-refractivity contribution in [1.82, 2.24) is 0 Å². The molecule has 0 heterocycles. The molecule has 0 aliphatic carbocycles. The van der Waals surface area contributed by atoms with Crippen LogP contribution < -0.4 is 4.74 Å². The number of ether oxygens (including phenoxy) is 1. The maximum absolute atomic E-state index is 9.40. The van der Waals surface area contributed by atoms with E-state index in [-0.39, 0.29) is 5.75 Å². The molecule has 0 aromatic heterocycles. The van der Waals surface area contributed by atoms with Gasteiger partial charge in [-0.05, 0) is 41.0 Å². The van der Waals surface area contributed by atoms with Gasteiger partial charge in [-0.15, -0.1) is 0 Å². The van der Waals surface area contributed by atoms with Crippen LogP contribution in [0.1, 0.15) is 13.8 Å². The molecule has 0 fully saturated rings. The molecule has 0 aliphatic heterocycles. The van der Waals surface area contributed by atoms with Gasteiger partial charge in [0.25, 0.3) is 0 Å². The van der Waals surface area contributed by atoms with Gasteiger partial charge in [0.2, 0.25) is 0 Å². The van der Waals surface area contributed by atoms with Gasteiger partial charge in [-0.1, -0.05) is 26.0 Å². The molecular weight excluding hydrogens is 200 g/mol. The van der Waals surface area contributed by atoms with Crippen molar-refractivity contribution in [2.75, 3.05) is 6.61 Å². The van der Waals surface area contributed by atoms with Crippen LogP contribution in [0.15, 0.2) is 36.4 Å². The predicted molar refractivity (Wildman–Crippen MR) is 65.9 cm³/mol.